The van der Waals surface area contributed by atoms with Gasteiger partial charge in [-0.15, -0.1) is 0 Å². The molecule has 0 unspecified atom stereocenters. The van der Waals surface area contributed by atoms with Gasteiger partial charge in [-0.25, -0.2) is 0 Å². The highest BCUT2D eigenvalue weighted by molar-refractivity contribution is 5.78. The number of piperidine rings is 1. The van der Waals surface area contributed by atoms with Crippen LogP contribution in [0.5, 0.6) is 0 Å². The maximum atomic E-state index is 11.2. The third-order valence-corrected chi connectivity index (χ3v) is 2.37. The van der Waals surface area contributed by atoms with Crippen LogP contribution in [0, 0.1) is 0 Å². The van der Waals surface area contributed by atoms with E-state index in [2.05, 4.69) is 0 Å². The molecule has 1 aliphatic heterocycles. The van der Waals surface area contributed by atoms with Crippen molar-refractivity contribution in [3.05, 3.63) is 0 Å². The molecule has 0 aromatic carbocycles. The molecule has 0 bridgehead atoms. The van der Waals surface area contributed by atoms with Crippen LogP contribution in [0.15, 0.2) is 0 Å². The van der Waals surface area contributed by atoms with Gasteiger partial charge in [-0.2, -0.15) is 0 Å². The number of hydrogen-bond donors (Lipinski definition) is 1. The summed E-state index contributed by atoms with van der Waals surface area (Å²) in [6.07, 6.45) is 2.23. The fraction of sp³-hybridized carbons (Fsp3) is 0.889. The molecule has 76 valence electrons. The average molecular weight is 186 g/mol. The first kappa shape index (κ1) is 10.5. The molecular formula is C9H18N2O2. The van der Waals surface area contributed by atoms with E-state index in [4.69, 9.17) is 10.5 Å². The summed E-state index contributed by atoms with van der Waals surface area (Å²) in [7, 11) is 0. The molecule has 1 fully saturated rings. The van der Waals surface area contributed by atoms with Gasteiger partial charge >= 0.3 is 0 Å². The molecule has 0 aromatic heterocycles. The lowest BCUT2D eigenvalue weighted by Gasteiger charge is -2.31. The summed E-state index contributed by atoms with van der Waals surface area (Å²) in [6, 6.07) is 0. The van der Waals surface area contributed by atoms with Gasteiger partial charge < -0.3 is 15.4 Å². The smallest absolute Gasteiger partial charge is 0.236 e. The summed E-state index contributed by atoms with van der Waals surface area (Å²) >= 11 is 0. The van der Waals surface area contributed by atoms with Crippen LogP contribution in [0.1, 0.15) is 19.8 Å². The van der Waals surface area contributed by atoms with Gasteiger partial charge in [0, 0.05) is 19.7 Å². The number of nitrogens with zero attached hydrogens (tertiary/aromatic N) is 1. The van der Waals surface area contributed by atoms with Crippen molar-refractivity contribution in [2.75, 3.05) is 26.2 Å². The van der Waals surface area contributed by atoms with Crippen LogP contribution in [-0.2, 0) is 9.53 Å². The topological polar surface area (TPSA) is 55.6 Å². The highest BCUT2D eigenvalue weighted by Gasteiger charge is 2.21. The number of carbonyl (C=O) groups is 1. The Morgan fingerprint density at radius 2 is 2.15 bits per heavy atom. The molecule has 1 saturated heterocycles. The molecule has 0 aromatic rings. The molecular weight excluding hydrogens is 168 g/mol. The van der Waals surface area contributed by atoms with Crippen molar-refractivity contribution in [1.29, 1.82) is 0 Å². The van der Waals surface area contributed by atoms with Crippen LogP contribution < -0.4 is 5.73 Å². The van der Waals surface area contributed by atoms with Crippen LogP contribution in [0.3, 0.4) is 0 Å². The van der Waals surface area contributed by atoms with Gasteiger partial charge in [-0.3, -0.25) is 4.79 Å². The number of ether oxygens (including phenoxy) is 1. The van der Waals surface area contributed by atoms with Crippen molar-refractivity contribution in [1.82, 2.24) is 4.90 Å². The first-order chi connectivity index (χ1) is 6.27. The number of nitrogens with two attached hydrogens (primary N) is 1. The lowest BCUT2D eigenvalue weighted by Crippen LogP contribution is -2.43. The Hall–Kier alpha value is -0.610. The quantitative estimate of drug-likeness (QED) is 0.673. The number of hydrogen-bond acceptors (Lipinski definition) is 3. The van der Waals surface area contributed by atoms with Gasteiger partial charge in [0.2, 0.25) is 5.91 Å². The predicted molar refractivity (Wildman–Crippen MR) is 50.3 cm³/mol. The van der Waals surface area contributed by atoms with Crippen molar-refractivity contribution in [2.45, 2.75) is 25.9 Å². The van der Waals surface area contributed by atoms with E-state index in [1.807, 2.05) is 11.8 Å². The second-order valence-electron chi connectivity index (χ2n) is 3.24. The van der Waals surface area contributed by atoms with Crippen LogP contribution >= 0.6 is 0 Å². The summed E-state index contributed by atoms with van der Waals surface area (Å²) in [5, 5.41) is 0. The third-order valence-electron chi connectivity index (χ3n) is 2.37. The minimum Gasteiger partial charge on any atom is -0.378 e. The Morgan fingerprint density at radius 1 is 1.54 bits per heavy atom. The number of carbonyl (C=O) groups excluding carboxylic acids is 1. The molecule has 0 saturated carbocycles. The SMILES string of the molecule is CCOC1CCN(C(=O)CN)CC1. The average Bonchev–Trinajstić information content (AvgIpc) is 2.18. The normalized spacial score (nSPS) is 19.1. The summed E-state index contributed by atoms with van der Waals surface area (Å²) in [6.45, 7) is 4.47. The van der Waals surface area contributed by atoms with Crippen LogP contribution in [-0.4, -0.2) is 43.2 Å². The number of rotatable bonds is 3. The van der Waals surface area contributed by atoms with E-state index in [0.717, 1.165) is 32.5 Å². The van der Waals surface area contributed by atoms with E-state index in [9.17, 15) is 4.79 Å². The van der Waals surface area contributed by atoms with Gasteiger partial charge in [-0.1, -0.05) is 0 Å². The zero-order valence-electron chi connectivity index (χ0n) is 8.16. The van der Waals surface area contributed by atoms with Crippen molar-refractivity contribution in [3.63, 3.8) is 0 Å². The number of amides is 1. The monoisotopic (exact) mass is 186 g/mol. The summed E-state index contributed by atoms with van der Waals surface area (Å²) in [5.41, 5.74) is 5.27. The van der Waals surface area contributed by atoms with E-state index in [1.165, 1.54) is 0 Å². The molecule has 1 amide bonds. The minimum absolute atomic E-state index is 0.0509. The van der Waals surface area contributed by atoms with Gasteiger partial charge in [0.15, 0.2) is 0 Å². The summed E-state index contributed by atoms with van der Waals surface area (Å²) in [4.78, 5) is 13.0. The van der Waals surface area contributed by atoms with Crippen molar-refractivity contribution < 1.29 is 9.53 Å². The molecule has 13 heavy (non-hydrogen) atoms. The Balaban J connectivity index is 2.26. The van der Waals surface area contributed by atoms with E-state index in [0.29, 0.717) is 6.10 Å². The highest BCUT2D eigenvalue weighted by atomic mass is 16.5. The van der Waals surface area contributed by atoms with E-state index in [1.54, 1.807) is 0 Å². The highest BCUT2D eigenvalue weighted by Crippen LogP contribution is 2.13. The first-order valence-corrected chi connectivity index (χ1v) is 4.87. The maximum absolute atomic E-state index is 11.2. The van der Waals surface area contributed by atoms with Crippen LogP contribution in [0.2, 0.25) is 0 Å². The summed E-state index contributed by atoms with van der Waals surface area (Å²) in [5.74, 6) is 0.0509. The van der Waals surface area contributed by atoms with Gasteiger partial charge in [-0.05, 0) is 19.8 Å². The first-order valence-electron chi connectivity index (χ1n) is 4.87. The van der Waals surface area contributed by atoms with Gasteiger partial charge in [0.25, 0.3) is 0 Å². The fourth-order valence-electron chi connectivity index (χ4n) is 1.64. The maximum Gasteiger partial charge on any atom is 0.236 e. The second-order valence-corrected chi connectivity index (χ2v) is 3.24. The lowest BCUT2D eigenvalue weighted by atomic mass is 10.1. The lowest BCUT2D eigenvalue weighted by molar-refractivity contribution is -0.132. The van der Waals surface area contributed by atoms with Crippen molar-refractivity contribution in [3.8, 4) is 0 Å². The predicted octanol–water partition coefficient (Wildman–Crippen LogP) is -0.0274. The van der Waals surface area contributed by atoms with Crippen LogP contribution in [0.4, 0.5) is 0 Å². The third kappa shape index (κ3) is 2.97. The van der Waals surface area contributed by atoms with Crippen LogP contribution in [0.25, 0.3) is 0 Å². The van der Waals surface area contributed by atoms with E-state index in [-0.39, 0.29) is 12.5 Å². The molecule has 4 nitrogen and oxygen atoms in total. The fourth-order valence-corrected chi connectivity index (χ4v) is 1.64. The van der Waals surface area contributed by atoms with Gasteiger partial charge in [0.1, 0.15) is 0 Å². The van der Waals surface area contributed by atoms with E-state index >= 15 is 0 Å². The molecule has 1 aliphatic rings. The largest absolute Gasteiger partial charge is 0.378 e. The molecule has 0 spiro atoms. The standard InChI is InChI=1S/C9H18N2O2/c1-2-13-8-3-5-11(6-4-8)9(12)7-10/h8H,2-7,10H2,1H3. The zero-order chi connectivity index (χ0) is 9.68. The second kappa shape index (κ2) is 5.19. The van der Waals surface area contributed by atoms with E-state index < -0.39 is 0 Å². The molecule has 0 atom stereocenters. The Kier molecular flexibility index (Phi) is 4.18. The molecule has 1 rings (SSSR count). The molecule has 2 N–H and O–H groups in total. The molecule has 0 aliphatic carbocycles. The molecule has 0 radical (unpaired) electrons. The van der Waals surface area contributed by atoms with Crippen molar-refractivity contribution in [2.24, 2.45) is 5.73 Å². The number of likely N-dealkylation sites (tertiary alicyclic amines) is 1. The zero-order valence-corrected chi connectivity index (χ0v) is 8.16. The molecule has 4 heteroatoms. The Bertz CT molecular complexity index is 165. The van der Waals surface area contributed by atoms with Gasteiger partial charge in [0.05, 0.1) is 12.6 Å². The Labute approximate surface area is 79.0 Å². The Morgan fingerprint density at radius 3 is 2.62 bits per heavy atom. The minimum atomic E-state index is 0.0509. The van der Waals surface area contributed by atoms with Crippen molar-refractivity contribution >= 4 is 5.91 Å². The summed E-state index contributed by atoms with van der Waals surface area (Å²) < 4.78 is 5.48. The molecule has 1 heterocycles.